The van der Waals surface area contributed by atoms with E-state index in [2.05, 4.69) is 17.6 Å². The fraction of sp³-hybridized carbons (Fsp3) is 0.533. The molecule has 2 heterocycles. The zero-order valence-corrected chi connectivity index (χ0v) is 11.2. The summed E-state index contributed by atoms with van der Waals surface area (Å²) in [6.45, 7) is 4.59. The number of hydrogen-bond donors (Lipinski definition) is 2. The average molecular weight is 260 g/mol. The second-order valence-electron chi connectivity index (χ2n) is 5.49. The molecule has 1 aromatic carbocycles. The van der Waals surface area contributed by atoms with Crippen LogP contribution in [0.4, 0.5) is 0 Å². The Morgan fingerprint density at radius 2 is 2.26 bits per heavy atom. The molecular formula is C15H20N2O2. The minimum absolute atomic E-state index is 0.101. The second kappa shape index (κ2) is 5.21. The van der Waals surface area contributed by atoms with Gasteiger partial charge in [0.05, 0.1) is 0 Å². The summed E-state index contributed by atoms with van der Waals surface area (Å²) in [5, 5.41) is 6.54. The standard InChI is InChI=1S/C15H20N2O2/c1-10-8-16-7-6-13(10)17-15(18)12-9-19-14-5-3-2-4-11(12)14/h2-5,10,12-13,16H,6-9H2,1H3,(H,17,18). The van der Waals surface area contributed by atoms with E-state index in [-0.39, 0.29) is 17.9 Å². The summed E-state index contributed by atoms with van der Waals surface area (Å²) in [6, 6.07) is 8.09. The van der Waals surface area contributed by atoms with Gasteiger partial charge in [-0.25, -0.2) is 0 Å². The van der Waals surface area contributed by atoms with Crippen LogP contribution in [0.15, 0.2) is 24.3 Å². The summed E-state index contributed by atoms with van der Waals surface area (Å²) in [6.07, 6.45) is 1.00. The fourth-order valence-corrected chi connectivity index (χ4v) is 2.89. The Hall–Kier alpha value is -1.55. The minimum atomic E-state index is -0.154. The van der Waals surface area contributed by atoms with Crippen molar-refractivity contribution < 1.29 is 9.53 Å². The average Bonchev–Trinajstić information content (AvgIpc) is 2.85. The number of fused-ring (bicyclic) bond motifs is 1. The van der Waals surface area contributed by atoms with Gasteiger partial charge in [0.25, 0.3) is 0 Å². The van der Waals surface area contributed by atoms with E-state index < -0.39 is 0 Å². The number of nitrogens with one attached hydrogen (secondary N) is 2. The molecule has 1 saturated heterocycles. The van der Waals surface area contributed by atoms with Gasteiger partial charge in [-0.05, 0) is 31.5 Å². The Balaban J connectivity index is 1.68. The molecule has 3 atom stereocenters. The van der Waals surface area contributed by atoms with Crippen LogP contribution in [0, 0.1) is 5.92 Å². The molecule has 102 valence electrons. The largest absolute Gasteiger partial charge is 0.492 e. The monoisotopic (exact) mass is 260 g/mol. The summed E-state index contributed by atoms with van der Waals surface area (Å²) in [5.41, 5.74) is 1.02. The van der Waals surface area contributed by atoms with Crippen molar-refractivity contribution in [3.63, 3.8) is 0 Å². The van der Waals surface area contributed by atoms with Gasteiger partial charge in [-0.3, -0.25) is 4.79 Å². The third kappa shape index (κ3) is 2.45. The highest BCUT2D eigenvalue weighted by molar-refractivity contribution is 5.85. The molecule has 2 aliphatic heterocycles. The first-order valence-corrected chi connectivity index (χ1v) is 6.98. The topological polar surface area (TPSA) is 50.4 Å². The molecule has 4 heteroatoms. The van der Waals surface area contributed by atoms with Gasteiger partial charge in [-0.15, -0.1) is 0 Å². The number of amides is 1. The summed E-state index contributed by atoms with van der Waals surface area (Å²) < 4.78 is 5.58. The van der Waals surface area contributed by atoms with Gasteiger partial charge in [0, 0.05) is 11.6 Å². The first kappa shape index (κ1) is 12.5. The van der Waals surface area contributed by atoms with Crippen LogP contribution in [-0.2, 0) is 4.79 Å². The molecule has 0 aliphatic carbocycles. The first-order valence-electron chi connectivity index (χ1n) is 6.98. The van der Waals surface area contributed by atoms with E-state index in [1.54, 1.807) is 0 Å². The Morgan fingerprint density at radius 1 is 1.42 bits per heavy atom. The van der Waals surface area contributed by atoms with Crippen LogP contribution < -0.4 is 15.4 Å². The molecule has 3 rings (SSSR count). The number of rotatable bonds is 2. The first-order chi connectivity index (χ1) is 9.25. The highest BCUT2D eigenvalue weighted by Crippen LogP contribution is 2.33. The third-order valence-corrected chi connectivity index (χ3v) is 4.13. The van der Waals surface area contributed by atoms with E-state index in [0.29, 0.717) is 12.5 Å². The quantitative estimate of drug-likeness (QED) is 0.842. The highest BCUT2D eigenvalue weighted by atomic mass is 16.5. The van der Waals surface area contributed by atoms with Crippen molar-refractivity contribution in [2.24, 2.45) is 5.92 Å². The van der Waals surface area contributed by atoms with Crippen molar-refractivity contribution in [3.05, 3.63) is 29.8 Å². The van der Waals surface area contributed by atoms with Crippen LogP contribution in [0.1, 0.15) is 24.8 Å². The summed E-state index contributed by atoms with van der Waals surface area (Å²) in [5.74, 6) is 1.28. The normalized spacial score (nSPS) is 29.4. The number of para-hydroxylation sites is 1. The van der Waals surface area contributed by atoms with Gasteiger partial charge in [-0.1, -0.05) is 25.1 Å². The van der Waals surface area contributed by atoms with Crippen LogP contribution in [0.5, 0.6) is 5.75 Å². The molecule has 0 saturated carbocycles. The Labute approximate surface area is 113 Å². The lowest BCUT2D eigenvalue weighted by atomic mass is 9.93. The molecule has 0 spiro atoms. The lowest BCUT2D eigenvalue weighted by Crippen LogP contribution is -2.49. The fourth-order valence-electron chi connectivity index (χ4n) is 2.89. The van der Waals surface area contributed by atoms with Crippen LogP contribution in [0.3, 0.4) is 0 Å². The van der Waals surface area contributed by atoms with E-state index in [4.69, 9.17) is 4.74 Å². The number of ether oxygens (including phenoxy) is 1. The molecule has 4 nitrogen and oxygen atoms in total. The van der Waals surface area contributed by atoms with Gasteiger partial charge in [-0.2, -0.15) is 0 Å². The Morgan fingerprint density at radius 3 is 3.11 bits per heavy atom. The molecule has 0 radical (unpaired) electrons. The third-order valence-electron chi connectivity index (χ3n) is 4.13. The molecule has 2 N–H and O–H groups in total. The van der Waals surface area contributed by atoms with Crippen LogP contribution >= 0.6 is 0 Å². The van der Waals surface area contributed by atoms with Crippen molar-refractivity contribution in [2.45, 2.75) is 25.3 Å². The molecule has 1 fully saturated rings. The lowest BCUT2D eigenvalue weighted by Gasteiger charge is -2.31. The van der Waals surface area contributed by atoms with Crippen LogP contribution in [0.2, 0.25) is 0 Å². The van der Waals surface area contributed by atoms with E-state index in [9.17, 15) is 4.79 Å². The van der Waals surface area contributed by atoms with Gasteiger partial charge < -0.3 is 15.4 Å². The maximum Gasteiger partial charge on any atom is 0.231 e. The maximum atomic E-state index is 12.4. The number of hydrogen-bond acceptors (Lipinski definition) is 3. The van der Waals surface area contributed by atoms with Crippen LogP contribution in [-0.4, -0.2) is 31.6 Å². The summed E-state index contributed by atoms with van der Waals surface area (Å²) >= 11 is 0. The predicted octanol–water partition coefficient (Wildman–Crippen LogP) is 1.28. The zero-order valence-electron chi connectivity index (χ0n) is 11.2. The summed E-state index contributed by atoms with van der Waals surface area (Å²) in [4.78, 5) is 12.4. The van der Waals surface area contributed by atoms with Crippen molar-refractivity contribution in [1.82, 2.24) is 10.6 Å². The highest BCUT2D eigenvalue weighted by Gasteiger charge is 2.32. The molecule has 1 amide bonds. The van der Waals surface area contributed by atoms with Crippen molar-refractivity contribution in [2.75, 3.05) is 19.7 Å². The molecule has 0 aromatic heterocycles. The van der Waals surface area contributed by atoms with Crippen molar-refractivity contribution in [1.29, 1.82) is 0 Å². The number of carbonyl (C=O) groups excluding carboxylic acids is 1. The van der Waals surface area contributed by atoms with Crippen molar-refractivity contribution in [3.8, 4) is 5.75 Å². The van der Waals surface area contributed by atoms with E-state index in [1.807, 2.05) is 24.3 Å². The number of carbonyl (C=O) groups is 1. The molecular weight excluding hydrogens is 240 g/mol. The van der Waals surface area contributed by atoms with E-state index in [1.165, 1.54) is 0 Å². The smallest absolute Gasteiger partial charge is 0.231 e. The molecule has 2 aliphatic rings. The minimum Gasteiger partial charge on any atom is -0.492 e. The van der Waals surface area contributed by atoms with Crippen LogP contribution in [0.25, 0.3) is 0 Å². The SMILES string of the molecule is CC1CNCCC1NC(=O)C1COc2ccccc21. The Kier molecular flexibility index (Phi) is 3.42. The molecule has 3 unspecified atom stereocenters. The van der Waals surface area contributed by atoms with E-state index >= 15 is 0 Å². The molecule has 19 heavy (non-hydrogen) atoms. The van der Waals surface area contributed by atoms with Gasteiger partial charge in [0.2, 0.25) is 5.91 Å². The van der Waals surface area contributed by atoms with Gasteiger partial charge in [0.1, 0.15) is 18.3 Å². The van der Waals surface area contributed by atoms with Gasteiger partial charge in [0.15, 0.2) is 0 Å². The van der Waals surface area contributed by atoms with Crippen molar-refractivity contribution >= 4 is 5.91 Å². The number of benzene rings is 1. The van der Waals surface area contributed by atoms with E-state index in [0.717, 1.165) is 30.8 Å². The summed E-state index contributed by atoms with van der Waals surface area (Å²) in [7, 11) is 0. The zero-order chi connectivity index (χ0) is 13.2. The Bertz CT molecular complexity index is 475. The van der Waals surface area contributed by atoms with Gasteiger partial charge >= 0.3 is 0 Å². The molecule has 1 aromatic rings. The maximum absolute atomic E-state index is 12.4. The number of piperidine rings is 1. The second-order valence-corrected chi connectivity index (χ2v) is 5.49. The molecule has 0 bridgehead atoms. The lowest BCUT2D eigenvalue weighted by molar-refractivity contribution is -0.124. The predicted molar refractivity (Wildman–Crippen MR) is 73.3 cm³/mol.